The number of hydrogen-bond donors (Lipinski definition) is 1. The van der Waals surface area contributed by atoms with E-state index in [1.54, 1.807) is 12.1 Å². The first-order chi connectivity index (χ1) is 14.2. The van der Waals surface area contributed by atoms with Crippen LogP contribution in [0.3, 0.4) is 0 Å². The van der Waals surface area contributed by atoms with Crippen molar-refractivity contribution in [1.29, 1.82) is 0 Å². The molecule has 1 heterocycles. The van der Waals surface area contributed by atoms with Crippen molar-refractivity contribution in [3.63, 3.8) is 0 Å². The molecule has 1 N–H and O–H groups in total. The number of carbonyl (C=O) groups is 3. The number of esters is 2. The van der Waals surface area contributed by atoms with E-state index in [1.165, 1.54) is 6.42 Å². The van der Waals surface area contributed by atoms with Crippen LogP contribution in [0.2, 0.25) is 0 Å². The van der Waals surface area contributed by atoms with Gasteiger partial charge in [0.15, 0.2) is 0 Å². The molecule has 2 rings (SSSR count). The van der Waals surface area contributed by atoms with E-state index in [2.05, 4.69) is 19.1 Å². The molecule has 1 aromatic rings. The fourth-order valence-electron chi connectivity index (χ4n) is 3.03. The van der Waals surface area contributed by atoms with Gasteiger partial charge < -0.3 is 19.3 Å². The molecule has 0 aromatic heterocycles. The third-order valence-electron chi connectivity index (χ3n) is 4.62. The highest BCUT2D eigenvalue weighted by Gasteiger charge is 2.26. The van der Waals surface area contributed by atoms with Crippen LogP contribution in [0, 0.1) is 0 Å². The van der Waals surface area contributed by atoms with Gasteiger partial charge in [0.05, 0.1) is 14.2 Å². The molecule has 11 heteroatoms. The van der Waals surface area contributed by atoms with Crippen LogP contribution in [0.4, 0.5) is 11.4 Å². The highest BCUT2D eigenvalue weighted by atomic mass is 32.2. The third kappa shape index (κ3) is 7.21. The number of hydrogen-bond acceptors (Lipinski definition) is 8. The molecule has 1 amide bonds. The Morgan fingerprint density at radius 3 is 2.00 bits per heavy atom. The summed E-state index contributed by atoms with van der Waals surface area (Å²) in [6.45, 7) is 0.806. The number of carbonyl (C=O) groups excluding carboxylic acids is 3. The second-order valence-corrected chi connectivity index (χ2v) is 8.58. The summed E-state index contributed by atoms with van der Waals surface area (Å²) in [5, 5.41) is 0. The van der Waals surface area contributed by atoms with Gasteiger partial charge in [0.1, 0.15) is 18.8 Å². The number of nitrogens with zero attached hydrogens (tertiary/aromatic N) is 2. The largest absolute Gasteiger partial charge is 0.468 e. The molecule has 0 saturated carbocycles. The molecule has 1 aliphatic heterocycles. The number of rotatable bonds is 9. The van der Waals surface area contributed by atoms with Gasteiger partial charge in [-0.15, -0.1) is 0 Å². The van der Waals surface area contributed by atoms with E-state index in [0.717, 1.165) is 50.7 Å². The fourth-order valence-corrected chi connectivity index (χ4v) is 4.11. The molecular weight excluding hydrogens is 414 g/mol. The van der Waals surface area contributed by atoms with E-state index in [4.69, 9.17) is 0 Å². The molecular formula is C19H27N3O7S. The summed E-state index contributed by atoms with van der Waals surface area (Å²) in [6.07, 6.45) is 3.47. The van der Waals surface area contributed by atoms with Crippen molar-refractivity contribution in [2.24, 2.45) is 0 Å². The Balaban J connectivity index is 2.01. The van der Waals surface area contributed by atoms with Gasteiger partial charge in [0, 0.05) is 24.5 Å². The molecule has 1 aromatic carbocycles. The maximum Gasteiger partial charge on any atom is 0.325 e. The van der Waals surface area contributed by atoms with Gasteiger partial charge in [-0.05, 0) is 43.5 Å². The zero-order valence-electron chi connectivity index (χ0n) is 17.1. The molecule has 0 spiro atoms. The molecule has 1 saturated heterocycles. The smallest absolute Gasteiger partial charge is 0.325 e. The number of piperidine rings is 1. The normalized spacial score (nSPS) is 14.0. The molecule has 30 heavy (non-hydrogen) atoms. The van der Waals surface area contributed by atoms with Crippen molar-refractivity contribution in [2.45, 2.75) is 19.3 Å². The molecule has 1 fully saturated rings. The Hall–Kier alpha value is -2.82. The lowest BCUT2D eigenvalue weighted by atomic mass is 10.1. The van der Waals surface area contributed by atoms with Crippen LogP contribution >= 0.6 is 0 Å². The van der Waals surface area contributed by atoms with Crippen LogP contribution in [0.1, 0.15) is 19.3 Å². The van der Waals surface area contributed by atoms with Gasteiger partial charge in [-0.25, -0.2) is 8.42 Å². The number of ether oxygens (including phenoxy) is 2. The minimum atomic E-state index is -4.06. The molecule has 166 valence electrons. The fraction of sp³-hybridized carbons (Fsp3) is 0.526. The molecule has 0 radical (unpaired) electrons. The summed E-state index contributed by atoms with van der Waals surface area (Å²) in [7, 11) is -1.82. The van der Waals surface area contributed by atoms with E-state index in [1.807, 2.05) is 12.1 Å². The Labute approximate surface area is 176 Å². The predicted molar refractivity (Wildman–Crippen MR) is 111 cm³/mol. The summed E-state index contributed by atoms with van der Waals surface area (Å²) in [5.41, 5.74) is 1.33. The number of benzene rings is 1. The van der Waals surface area contributed by atoms with Crippen LogP contribution in [0.15, 0.2) is 24.3 Å². The Morgan fingerprint density at radius 1 is 0.967 bits per heavy atom. The van der Waals surface area contributed by atoms with Crippen molar-refractivity contribution in [2.75, 3.05) is 55.8 Å². The second-order valence-electron chi connectivity index (χ2n) is 6.86. The van der Waals surface area contributed by atoms with Crippen LogP contribution in [0.25, 0.3) is 0 Å². The predicted octanol–water partition coefficient (Wildman–Crippen LogP) is 0.593. The average Bonchev–Trinajstić information content (AvgIpc) is 2.73. The number of methoxy groups -OCH3 is 2. The second kappa shape index (κ2) is 10.8. The standard InChI is InChI=1S/C19H27N3O7S/c1-28-18(24)12-22(13-19(25)29-2)17(23)14-30(26,27)20-15-6-8-16(9-7-15)21-10-4-3-5-11-21/h6-9,20H,3-5,10-14H2,1-2H3. The maximum atomic E-state index is 12.4. The van der Waals surface area contributed by atoms with E-state index < -0.39 is 46.7 Å². The van der Waals surface area contributed by atoms with Gasteiger partial charge in [0.2, 0.25) is 15.9 Å². The topological polar surface area (TPSA) is 122 Å². The van der Waals surface area contributed by atoms with Crippen LogP contribution < -0.4 is 9.62 Å². The first-order valence-electron chi connectivity index (χ1n) is 9.51. The number of anilines is 2. The summed E-state index contributed by atoms with van der Waals surface area (Å²) < 4.78 is 36.1. The summed E-state index contributed by atoms with van der Waals surface area (Å²) in [5.74, 6) is -3.44. The van der Waals surface area contributed by atoms with Crippen molar-refractivity contribution in [1.82, 2.24) is 4.90 Å². The molecule has 0 bridgehead atoms. The minimum Gasteiger partial charge on any atom is -0.468 e. The number of nitrogens with one attached hydrogen (secondary N) is 1. The lowest BCUT2D eigenvalue weighted by molar-refractivity contribution is -0.151. The molecule has 0 aliphatic carbocycles. The summed E-state index contributed by atoms with van der Waals surface area (Å²) >= 11 is 0. The Bertz CT molecular complexity index is 831. The average molecular weight is 442 g/mol. The lowest BCUT2D eigenvalue weighted by Gasteiger charge is -2.28. The van der Waals surface area contributed by atoms with Crippen molar-refractivity contribution >= 4 is 39.2 Å². The monoisotopic (exact) mass is 441 g/mol. The van der Waals surface area contributed by atoms with E-state index in [0.29, 0.717) is 5.69 Å². The van der Waals surface area contributed by atoms with Gasteiger partial charge >= 0.3 is 11.9 Å². The number of sulfonamides is 1. The zero-order valence-corrected chi connectivity index (χ0v) is 17.9. The van der Waals surface area contributed by atoms with Crippen LogP contribution in [0.5, 0.6) is 0 Å². The van der Waals surface area contributed by atoms with Gasteiger partial charge in [0.25, 0.3) is 0 Å². The first-order valence-corrected chi connectivity index (χ1v) is 11.2. The molecule has 0 atom stereocenters. The molecule has 10 nitrogen and oxygen atoms in total. The number of amides is 1. The van der Waals surface area contributed by atoms with Crippen molar-refractivity contribution < 1.29 is 32.3 Å². The third-order valence-corrected chi connectivity index (χ3v) is 5.80. The van der Waals surface area contributed by atoms with Crippen molar-refractivity contribution in [3.05, 3.63) is 24.3 Å². The van der Waals surface area contributed by atoms with Gasteiger partial charge in [-0.2, -0.15) is 0 Å². The van der Waals surface area contributed by atoms with E-state index in [-0.39, 0.29) is 0 Å². The van der Waals surface area contributed by atoms with E-state index in [9.17, 15) is 22.8 Å². The zero-order chi connectivity index (χ0) is 22.1. The quantitative estimate of drug-likeness (QED) is 0.553. The SMILES string of the molecule is COC(=O)CN(CC(=O)OC)C(=O)CS(=O)(=O)Nc1ccc(N2CCCCC2)cc1. The summed E-state index contributed by atoms with van der Waals surface area (Å²) in [6, 6.07) is 6.91. The minimum absolute atomic E-state index is 0.316. The maximum absolute atomic E-state index is 12.4. The Morgan fingerprint density at radius 2 is 1.50 bits per heavy atom. The molecule has 0 unspecified atom stereocenters. The highest BCUT2D eigenvalue weighted by molar-refractivity contribution is 7.93. The lowest BCUT2D eigenvalue weighted by Crippen LogP contribution is -2.43. The van der Waals surface area contributed by atoms with Crippen LogP contribution in [-0.4, -0.2) is 77.3 Å². The first kappa shape index (κ1) is 23.5. The molecule has 1 aliphatic rings. The summed E-state index contributed by atoms with van der Waals surface area (Å²) in [4.78, 5) is 38.4. The Kier molecular flexibility index (Phi) is 8.46. The van der Waals surface area contributed by atoms with Gasteiger partial charge in [-0.1, -0.05) is 0 Å². The van der Waals surface area contributed by atoms with Gasteiger partial charge in [-0.3, -0.25) is 19.1 Å². The van der Waals surface area contributed by atoms with Crippen LogP contribution in [-0.2, 0) is 33.9 Å². The van der Waals surface area contributed by atoms with E-state index >= 15 is 0 Å². The van der Waals surface area contributed by atoms with Crippen molar-refractivity contribution in [3.8, 4) is 0 Å². The highest BCUT2D eigenvalue weighted by Crippen LogP contribution is 2.22.